The SMILES string of the molecule is Cc1c(S(C)(=O)=O)sc2ccc(Cl)cc12. The standard InChI is InChI=1S/C10H9ClO2S2/c1-6-8-5-7(11)3-4-9(8)14-10(6)15(2,12)13/h3-5H,1-2H3. The van der Waals surface area contributed by atoms with Crippen LogP contribution in [0.15, 0.2) is 22.4 Å². The Morgan fingerprint density at radius 1 is 1.33 bits per heavy atom. The molecule has 5 heteroatoms. The first-order valence-corrected chi connectivity index (χ1v) is 7.37. The third kappa shape index (κ3) is 1.89. The van der Waals surface area contributed by atoms with E-state index in [1.54, 1.807) is 12.1 Å². The Morgan fingerprint density at radius 2 is 2.00 bits per heavy atom. The highest BCUT2D eigenvalue weighted by Crippen LogP contribution is 2.35. The van der Waals surface area contributed by atoms with E-state index in [4.69, 9.17) is 11.6 Å². The van der Waals surface area contributed by atoms with Crippen molar-refractivity contribution in [3.8, 4) is 0 Å². The van der Waals surface area contributed by atoms with Gasteiger partial charge in [-0.3, -0.25) is 0 Å². The van der Waals surface area contributed by atoms with Crippen LogP contribution >= 0.6 is 22.9 Å². The molecule has 0 radical (unpaired) electrons. The van der Waals surface area contributed by atoms with Crippen LogP contribution in [-0.4, -0.2) is 14.7 Å². The quantitative estimate of drug-likeness (QED) is 0.789. The highest BCUT2D eigenvalue weighted by molar-refractivity contribution is 7.93. The average molecular weight is 261 g/mol. The molecule has 1 aromatic carbocycles. The number of sulfone groups is 1. The molecule has 1 aromatic heterocycles. The third-order valence-corrected chi connectivity index (χ3v) is 5.63. The highest BCUT2D eigenvalue weighted by Gasteiger charge is 2.16. The molecule has 15 heavy (non-hydrogen) atoms. The van der Waals surface area contributed by atoms with Crippen molar-refractivity contribution < 1.29 is 8.42 Å². The Hall–Kier alpha value is -0.580. The number of hydrogen-bond acceptors (Lipinski definition) is 3. The Balaban J connectivity index is 2.87. The number of aryl methyl sites for hydroxylation is 1. The van der Waals surface area contributed by atoms with Crippen molar-refractivity contribution in [2.45, 2.75) is 11.1 Å². The zero-order chi connectivity index (χ0) is 11.2. The summed E-state index contributed by atoms with van der Waals surface area (Å²) in [5, 5.41) is 1.55. The van der Waals surface area contributed by atoms with Gasteiger partial charge in [0.15, 0.2) is 9.84 Å². The lowest BCUT2D eigenvalue weighted by atomic mass is 10.2. The van der Waals surface area contributed by atoms with Gasteiger partial charge >= 0.3 is 0 Å². The van der Waals surface area contributed by atoms with Crippen molar-refractivity contribution in [2.75, 3.05) is 6.26 Å². The van der Waals surface area contributed by atoms with E-state index in [9.17, 15) is 8.42 Å². The van der Waals surface area contributed by atoms with Crippen LogP contribution in [0.5, 0.6) is 0 Å². The van der Waals surface area contributed by atoms with E-state index in [0.717, 1.165) is 15.6 Å². The molecule has 0 atom stereocenters. The van der Waals surface area contributed by atoms with Crippen LogP contribution in [-0.2, 0) is 9.84 Å². The van der Waals surface area contributed by atoms with Gasteiger partial charge in [-0.2, -0.15) is 0 Å². The summed E-state index contributed by atoms with van der Waals surface area (Å²) >= 11 is 7.16. The molecule has 0 aliphatic rings. The molecule has 0 saturated heterocycles. The largest absolute Gasteiger partial charge is 0.223 e. The molecule has 0 N–H and O–H groups in total. The first kappa shape index (κ1) is 10.9. The van der Waals surface area contributed by atoms with Gasteiger partial charge < -0.3 is 0 Å². The maximum Gasteiger partial charge on any atom is 0.185 e. The first-order chi connectivity index (χ1) is 6.89. The van der Waals surface area contributed by atoms with Gasteiger partial charge in [0, 0.05) is 16.0 Å². The Labute approximate surface area is 97.4 Å². The summed E-state index contributed by atoms with van der Waals surface area (Å²) in [5.74, 6) is 0. The third-order valence-electron chi connectivity index (χ3n) is 2.19. The van der Waals surface area contributed by atoms with Gasteiger partial charge in [0.1, 0.15) is 4.21 Å². The van der Waals surface area contributed by atoms with E-state index in [2.05, 4.69) is 0 Å². The fourth-order valence-corrected chi connectivity index (χ4v) is 4.16. The molecule has 0 amide bonds. The number of fused-ring (bicyclic) bond motifs is 1. The molecule has 0 fully saturated rings. The van der Waals surface area contributed by atoms with Crippen molar-refractivity contribution in [2.24, 2.45) is 0 Å². The monoisotopic (exact) mass is 260 g/mol. The van der Waals surface area contributed by atoms with Crippen LogP contribution < -0.4 is 0 Å². The van der Waals surface area contributed by atoms with Gasteiger partial charge in [-0.05, 0) is 36.1 Å². The van der Waals surface area contributed by atoms with Crippen LogP contribution in [0, 0.1) is 6.92 Å². The second kappa shape index (κ2) is 3.47. The Bertz CT molecular complexity index is 626. The van der Waals surface area contributed by atoms with E-state index in [1.165, 1.54) is 17.6 Å². The van der Waals surface area contributed by atoms with Gasteiger partial charge in [0.2, 0.25) is 0 Å². The molecule has 0 aliphatic carbocycles. The Morgan fingerprint density at radius 3 is 2.60 bits per heavy atom. The van der Waals surface area contributed by atoms with E-state index in [-0.39, 0.29) is 0 Å². The van der Waals surface area contributed by atoms with Crippen LogP contribution in [0.2, 0.25) is 5.02 Å². The van der Waals surface area contributed by atoms with Crippen molar-refractivity contribution in [3.05, 3.63) is 28.8 Å². The lowest BCUT2D eigenvalue weighted by Crippen LogP contribution is -1.94. The second-order valence-electron chi connectivity index (χ2n) is 3.43. The van der Waals surface area contributed by atoms with Gasteiger partial charge in [-0.15, -0.1) is 11.3 Å². The highest BCUT2D eigenvalue weighted by atomic mass is 35.5. The Kier molecular flexibility index (Phi) is 2.53. The smallest absolute Gasteiger partial charge is 0.185 e. The first-order valence-electron chi connectivity index (χ1n) is 4.28. The number of benzene rings is 1. The van der Waals surface area contributed by atoms with Gasteiger partial charge in [-0.1, -0.05) is 11.6 Å². The van der Waals surface area contributed by atoms with E-state index >= 15 is 0 Å². The zero-order valence-electron chi connectivity index (χ0n) is 8.24. The van der Waals surface area contributed by atoms with E-state index in [1.807, 2.05) is 13.0 Å². The molecule has 80 valence electrons. The second-order valence-corrected chi connectivity index (χ2v) is 7.13. The number of rotatable bonds is 1. The van der Waals surface area contributed by atoms with Crippen LogP contribution in [0.4, 0.5) is 0 Å². The summed E-state index contributed by atoms with van der Waals surface area (Å²) in [7, 11) is -3.13. The fourth-order valence-electron chi connectivity index (χ4n) is 1.52. The summed E-state index contributed by atoms with van der Waals surface area (Å²) in [5.41, 5.74) is 0.792. The molecule has 0 bridgehead atoms. The van der Waals surface area contributed by atoms with Crippen molar-refractivity contribution >= 4 is 42.9 Å². The lowest BCUT2D eigenvalue weighted by molar-refractivity contribution is 0.603. The topological polar surface area (TPSA) is 34.1 Å². The fraction of sp³-hybridized carbons (Fsp3) is 0.200. The van der Waals surface area contributed by atoms with Crippen LogP contribution in [0.3, 0.4) is 0 Å². The van der Waals surface area contributed by atoms with Crippen LogP contribution in [0.25, 0.3) is 10.1 Å². The van der Waals surface area contributed by atoms with Crippen molar-refractivity contribution in [3.63, 3.8) is 0 Å². The lowest BCUT2D eigenvalue weighted by Gasteiger charge is -1.94. The molecule has 2 aromatic rings. The van der Waals surface area contributed by atoms with Crippen molar-refractivity contribution in [1.29, 1.82) is 0 Å². The maximum atomic E-state index is 11.5. The van der Waals surface area contributed by atoms with Crippen molar-refractivity contribution in [1.82, 2.24) is 0 Å². The molecule has 0 spiro atoms. The summed E-state index contributed by atoms with van der Waals surface area (Å²) in [6.45, 7) is 1.81. The normalized spacial score (nSPS) is 12.2. The molecular formula is C10H9ClO2S2. The molecule has 0 saturated carbocycles. The minimum atomic E-state index is -3.13. The molecule has 2 rings (SSSR count). The van der Waals surface area contributed by atoms with E-state index < -0.39 is 9.84 Å². The molecular weight excluding hydrogens is 252 g/mol. The van der Waals surface area contributed by atoms with Gasteiger partial charge in [-0.25, -0.2) is 8.42 Å². The predicted molar refractivity (Wildman–Crippen MR) is 64.7 cm³/mol. The molecule has 2 nitrogen and oxygen atoms in total. The van der Waals surface area contributed by atoms with Gasteiger partial charge in [0.25, 0.3) is 0 Å². The van der Waals surface area contributed by atoms with Gasteiger partial charge in [0.05, 0.1) is 0 Å². The summed E-state index contributed by atoms with van der Waals surface area (Å²) in [4.78, 5) is 0. The van der Waals surface area contributed by atoms with Crippen LogP contribution in [0.1, 0.15) is 5.56 Å². The number of hydrogen-bond donors (Lipinski definition) is 0. The summed E-state index contributed by atoms with van der Waals surface area (Å²) in [6.07, 6.45) is 1.23. The minimum Gasteiger partial charge on any atom is -0.223 e. The predicted octanol–water partition coefficient (Wildman–Crippen LogP) is 3.27. The zero-order valence-corrected chi connectivity index (χ0v) is 10.6. The number of halogens is 1. The summed E-state index contributed by atoms with van der Waals surface area (Å²) < 4.78 is 24.4. The molecule has 0 aliphatic heterocycles. The molecule has 1 heterocycles. The average Bonchev–Trinajstić information content (AvgIpc) is 2.43. The minimum absolute atomic E-state index is 0.430. The summed E-state index contributed by atoms with van der Waals surface area (Å²) in [6, 6.07) is 5.42. The maximum absolute atomic E-state index is 11.5. The van der Waals surface area contributed by atoms with E-state index in [0.29, 0.717) is 9.23 Å². The molecule has 0 unspecified atom stereocenters. The number of thiophene rings is 1.